The molecule has 1 atom stereocenters. The predicted octanol–water partition coefficient (Wildman–Crippen LogP) is 3.24. The predicted molar refractivity (Wildman–Crippen MR) is 96.6 cm³/mol. The highest BCUT2D eigenvalue weighted by Crippen LogP contribution is 2.40. The van der Waals surface area contributed by atoms with E-state index in [0.717, 1.165) is 0 Å². The van der Waals surface area contributed by atoms with Crippen molar-refractivity contribution in [1.29, 1.82) is 0 Å². The van der Waals surface area contributed by atoms with Crippen LogP contribution >= 0.6 is 11.3 Å². The first-order valence-electron chi connectivity index (χ1n) is 8.13. The minimum atomic E-state index is -2.64. The number of benzene rings is 1. The number of alkyl halides is 2. The van der Waals surface area contributed by atoms with Gasteiger partial charge in [0.1, 0.15) is 28.9 Å². The van der Waals surface area contributed by atoms with Gasteiger partial charge in [0.2, 0.25) is 0 Å². The fourth-order valence-electron chi connectivity index (χ4n) is 2.75. The van der Waals surface area contributed by atoms with Crippen molar-refractivity contribution in [1.82, 2.24) is 14.5 Å². The topological polar surface area (TPSA) is 69.4 Å². The summed E-state index contributed by atoms with van der Waals surface area (Å²) in [5.41, 5.74) is -1.32. The van der Waals surface area contributed by atoms with E-state index in [1.165, 1.54) is 24.5 Å². The van der Waals surface area contributed by atoms with Crippen LogP contribution in [0.25, 0.3) is 0 Å². The average molecular weight is 395 g/mol. The summed E-state index contributed by atoms with van der Waals surface area (Å²) in [5, 5.41) is 13.8. The fraction of sp³-hybridized carbons (Fsp3) is 0.333. The van der Waals surface area contributed by atoms with Gasteiger partial charge in [-0.1, -0.05) is 0 Å². The highest BCUT2D eigenvalue weighted by Gasteiger charge is 2.38. The number of hydrogen-bond acceptors (Lipinski definition) is 6. The number of rotatable bonds is 8. The number of imidazole rings is 1. The molecule has 3 rings (SSSR count). The van der Waals surface area contributed by atoms with Crippen LogP contribution in [0.3, 0.4) is 0 Å². The van der Waals surface area contributed by atoms with Gasteiger partial charge in [0.05, 0.1) is 13.7 Å². The van der Waals surface area contributed by atoms with Gasteiger partial charge < -0.3 is 19.1 Å². The second-order valence-electron chi connectivity index (χ2n) is 5.86. The highest BCUT2D eigenvalue weighted by molar-refractivity contribution is 7.09. The molecule has 6 nitrogen and oxygen atoms in total. The van der Waals surface area contributed by atoms with Crippen LogP contribution in [0.2, 0.25) is 0 Å². The maximum atomic E-state index is 12.7. The summed E-state index contributed by atoms with van der Waals surface area (Å²) < 4.78 is 37.7. The lowest BCUT2D eigenvalue weighted by Crippen LogP contribution is -2.33. The molecule has 2 aromatic heterocycles. The van der Waals surface area contributed by atoms with Crippen molar-refractivity contribution in [3.8, 4) is 11.5 Å². The van der Waals surface area contributed by atoms with Crippen molar-refractivity contribution in [3.63, 3.8) is 0 Å². The molecule has 0 amide bonds. The summed E-state index contributed by atoms with van der Waals surface area (Å²) in [6.07, 6.45) is 2.29. The van der Waals surface area contributed by atoms with E-state index in [-0.39, 0.29) is 12.3 Å². The molecule has 0 radical (unpaired) electrons. The summed E-state index contributed by atoms with van der Waals surface area (Å²) in [5.74, 6) is 1.31. The molecule has 144 valence electrons. The van der Waals surface area contributed by atoms with Crippen LogP contribution in [0.4, 0.5) is 8.78 Å². The molecule has 27 heavy (non-hydrogen) atoms. The van der Waals surface area contributed by atoms with Crippen molar-refractivity contribution >= 4 is 11.3 Å². The maximum absolute atomic E-state index is 12.7. The van der Waals surface area contributed by atoms with E-state index in [9.17, 15) is 13.9 Å². The molecule has 0 bridgehead atoms. The van der Waals surface area contributed by atoms with Gasteiger partial charge >= 0.3 is 0 Å². The largest absolute Gasteiger partial charge is 0.497 e. The molecule has 0 saturated heterocycles. The van der Waals surface area contributed by atoms with Crippen LogP contribution in [0.15, 0.2) is 42.2 Å². The molecular weight excluding hydrogens is 376 g/mol. The molecule has 2 heterocycles. The van der Waals surface area contributed by atoms with Gasteiger partial charge in [0, 0.05) is 29.5 Å². The van der Waals surface area contributed by atoms with Gasteiger partial charge in [-0.05, 0) is 25.1 Å². The van der Waals surface area contributed by atoms with Gasteiger partial charge in [-0.2, -0.15) is 0 Å². The minimum absolute atomic E-state index is 0.0879. The Balaban J connectivity index is 2.12. The van der Waals surface area contributed by atoms with Gasteiger partial charge in [-0.25, -0.2) is 18.7 Å². The van der Waals surface area contributed by atoms with Crippen molar-refractivity contribution in [2.75, 3.05) is 13.7 Å². The molecule has 1 unspecified atom stereocenters. The first-order valence-corrected chi connectivity index (χ1v) is 9.01. The molecule has 0 saturated carbocycles. The third-order valence-electron chi connectivity index (χ3n) is 4.11. The van der Waals surface area contributed by atoms with E-state index >= 15 is 0 Å². The van der Waals surface area contributed by atoms with Crippen molar-refractivity contribution in [3.05, 3.63) is 58.6 Å². The summed E-state index contributed by atoms with van der Waals surface area (Å²) in [6, 6.07) is 4.68. The number of nitrogens with zero attached hydrogens (tertiary/aromatic N) is 3. The Morgan fingerprint density at radius 3 is 2.70 bits per heavy atom. The van der Waals surface area contributed by atoms with Crippen LogP contribution < -0.4 is 9.47 Å². The highest BCUT2D eigenvalue weighted by atomic mass is 32.1. The zero-order valence-electron chi connectivity index (χ0n) is 14.8. The number of ether oxygens (including phenoxy) is 2. The summed E-state index contributed by atoms with van der Waals surface area (Å²) in [4.78, 5) is 8.43. The molecule has 0 aliphatic rings. The van der Waals surface area contributed by atoms with Crippen LogP contribution in [0.1, 0.15) is 16.4 Å². The van der Waals surface area contributed by atoms with Crippen molar-refractivity contribution < 1.29 is 23.4 Å². The van der Waals surface area contributed by atoms with Gasteiger partial charge in [0.25, 0.3) is 6.43 Å². The third kappa shape index (κ3) is 4.09. The number of thiazole rings is 1. The molecule has 0 aliphatic heterocycles. The Labute approximate surface area is 159 Å². The Morgan fingerprint density at radius 2 is 2.11 bits per heavy atom. The van der Waals surface area contributed by atoms with Crippen molar-refractivity contribution in [2.45, 2.75) is 25.5 Å². The van der Waals surface area contributed by atoms with E-state index in [2.05, 4.69) is 9.97 Å². The number of aryl methyl sites for hydroxylation is 1. The Morgan fingerprint density at radius 1 is 1.30 bits per heavy atom. The SMILES string of the molecule is COc1ccc(OCC(F)F)c(C(O)(Cn2ccnc2C)c2nccs2)c1. The average Bonchev–Trinajstić information content (AvgIpc) is 3.32. The summed E-state index contributed by atoms with van der Waals surface area (Å²) in [7, 11) is 1.49. The van der Waals surface area contributed by atoms with E-state index in [4.69, 9.17) is 9.47 Å². The van der Waals surface area contributed by atoms with Crippen LogP contribution in [0.5, 0.6) is 11.5 Å². The molecule has 1 N–H and O–H groups in total. The van der Waals surface area contributed by atoms with Gasteiger partial charge in [0.15, 0.2) is 5.60 Å². The van der Waals surface area contributed by atoms with E-state index in [1.54, 1.807) is 40.7 Å². The number of halogens is 2. The Hall–Kier alpha value is -2.52. The van der Waals surface area contributed by atoms with Crippen LogP contribution in [-0.2, 0) is 12.1 Å². The van der Waals surface area contributed by atoms with E-state index < -0.39 is 18.6 Å². The fourth-order valence-corrected chi connectivity index (χ4v) is 3.49. The van der Waals surface area contributed by atoms with Gasteiger partial charge in [-0.3, -0.25) is 0 Å². The lowest BCUT2D eigenvalue weighted by Gasteiger charge is -2.29. The second-order valence-corrected chi connectivity index (χ2v) is 6.76. The minimum Gasteiger partial charge on any atom is -0.497 e. The molecule has 3 aromatic rings. The van der Waals surface area contributed by atoms with E-state index in [1.807, 2.05) is 6.92 Å². The lowest BCUT2D eigenvalue weighted by molar-refractivity contribution is 0.0494. The number of aliphatic hydroxyl groups is 1. The maximum Gasteiger partial charge on any atom is 0.272 e. The normalized spacial score (nSPS) is 13.6. The van der Waals surface area contributed by atoms with Gasteiger partial charge in [-0.15, -0.1) is 11.3 Å². The lowest BCUT2D eigenvalue weighted by atomic mass is 9.92. The molecular formula is C18H19F2N3O3S. The Kier molecular flexibility index (Phi) is 5.71. The number of methoxy groups -OCH3 is 1. The first-order chi connectivity index (χ1) is 12.9. The monoisotopic (exact) mass is 395 g/mol. The molecule has 0 fully saturated rings. The molecule has 0 spiro atoms. The van der Waals surface area contributed by atoms with Crippen LogP contribution in [-0.4, -0.2) is 39.8 Å². The number of hydrogen-bond donors (Lipinski definition) is 1. The molecule has 0 aliphatic carbocycles. The second kappa shape index (κ2) is 8.01. The number of aromatic nitrogens is 3. The van der Waals surface area contributed by atoms with E-state index in [0.29, 0.717) is 22.1 Å². The zero-order valence-corrected chi connectivity index (χ0v) is 15.6. The summed E-state index contributed by atoms with van der Waals surface area (Å²) in [6.45, 7) is 1.12. The third-order valence-corrected chi connectivity index (χ3v) is 5.03. The first kappa shape index (κ1) is 19.2. The molecule has 9 heteroatoms. The Bertz CT molecular complexity index is 886. The summed E-state index contributed by atoms with van der Waals surface area (Å²) >= 11 is 1.26. The quantitative estimate of drug-likeness (QED) is 0.634. The smallest absolute Gasteiger partial charge is 0.272 e. The van der Waals surface area contributed by atoms with Crippen LogP contribution in [0, 0.1) is 6.92 Å². The standard InChI is InChI=1S/C18H19F2N3O3S/c1-12-21-5-7-23(12)11-18(24,17-22-6-8-27-17)14-9-13(25-2)3-4-15(14)26-10-16(19)20/h3-9,16,24H,10-11H2,1-2H3. The zero-order chi connectivity index (χ0) is 19.4. The molecule has 1 aromatic carbocycles. The van der Waals surface area contributed by atoms with Crippen molar-refractivity contribution in [2.24, 2.45) is 0 Å².